The predicted octanol–water partition coefficient (Wildman–Crippen LogP) is 3.38. The zero-order valence-electron chi connectivity index (χ0n) is 12.3. The summed E-state index contributed by atoms with van der Waals surface area (Å²) >= 11 is 5.88. The second-order valence-corrected chi connectivity index (χ2v) is 5.51. The minimum atomic E-state index is -0.0950. The number of nitrogens with zero attached hydrogens (tertiary/aromatic N) is 1. The van der Waals surface area contributed by atoms with Crippen molar-refractivity contribution in [1.82, 2.24) is 5.32 Å². The first-order valence-electron chi connectivity index (χ1n) is 6.86. The molecule has 2 aromatic carbocycles. The quantitative estimate of drug-likeness (QED) is 0.918. The van der Waals surface area contributed by atoms with Gasteiger partial charge in [-0.2, -0.15) is 0 Å². The summed E-state index contributed by atoms with van der Waals surface area (Å²) in [5, 5.41) is 3.48. The Kier molecular flexibility index (Phi) is 5.23. The lowest BCUT2D eigenvalue weighted by molar-refractivity contribution is 0.0954. The van der Waals surface area contributed by atoms with E-state index in [0.717, 1.165) is 6.42 Å². The average Bonchev–Trinajstić information content (AvgIpc) is 2.47. The van der Waals surface area contributed by atoms with E-state index in [-0.39, 0.29) is 5.91 Å². The molecule has 2 rings (SSSR count). The van der Waals surface area contributed by atoms with Crippen LogP contribution in [0.1, 0.15) is 15.9 Å². The lowest BCUT2D eigenvalue weighted by Crippen LogP contribution is -2.25. The molecule has 0 aromatic heterocycles. The zero-order chi connectivity index (χ0) is 15.2. The van der Waals surface area contributed by atoms with E-state index in [4.69, 9.17) is 11.6 Å². The maximum Gasteiger partial charge on any atom is 0.251 e. The summed E-state index contributed by atoms with van der Waals surface area (Å²) < 4.78 is 0. The zero-order valence-corrected chi connectivity index (χ0v) is 13.0. The van der Waals surface area contributed by atoms with Crippen LogP contribution in [-0.2, 0) is 6.42 Å². The molecule has 0 bridgehead atoms. The molecule has 3 nitrogen and oxygen atoms in total. The van der Waals surface area contributed by atoms with Crippen LogP contribution in [0.15, 0.2) is 48.5 Å². The summed E-state index contributed by atoms with van der Waals surface area (Å²) in [6.07, 6.45) is 0.806. The molecule has 0 spiro atoms. The van der Waals surface area contributed by atoms with Crippen molar-refractivity contribution in [2.75, 3.05) is 25.5 Å². The van der Waals surface area contributed by atoms with Crippen LogP contribution in [0.5, 0.6) is 0 Å². The summed E-state index contributed by atoms with van der Waals surface area (Å²) in [7, 11) is 4.03. The maximum atomic E-state index is 12.0. The first-order chi connectivity index (χ1) is 10.1. The maximum absolute atomic E-state index is 12.0. The lowest BCUT2D eigenvalue weighted by atomic mass is 10.1. The predicted molar refractivity (Wildman–Crippen MR) is 88.3 cm³/mol. The molecular formula is C17H19ClN2O. The van der Waals surface area contributed by atoms with Crippen LogP contribution >= 0.6 is 11.6 Å². The van der Waals surface area contributed by atoms with Crippen LogP contribution < -0.4 is 10.2 Å². The van der Waals surface area contributed by atoms with Gasteiger partial charge in [0, 0.05) is 36.9 Å². The topological polar surface area (TPSA) is 32.3 Å². The number of hydrogen-bond acceptors (Lipinski definition) is 2. The molecule has 2 aromatic rings. The first-order valence-corrected chi connectivity index (χ1v) is 7.24. The Labute approximate surface area is 130 Å². The molecule has 1 amide bonds. The average molecular weight is 303 g/mol. The Balaban J connectivity index is 1.85. The van der Waals surface area contributed by atoms with Crippen LogP contribution in [0, 0.1) is 0 Å². The van der Waals surface area contributed by atoms with E-state index in [1.807, 2.05) is 14.1 Å². The summed E-state index contributed by atoms with van der Waals surface area (Å²) in [6, 6.07) is 15.3. The van der Waals surface area contributed by atoms with Crippen molar-refractivity contribution in [2.24, 2.45) is 0 Å². The highest BCUT2D eigenvalue weighted by Crippen LogP contribution is 2.13. The van der Waals surface area contributed by atoms with Gasteiger partial charge in [-0.15, -0.1) is 0 Å². The van der Waals surface area contributed by atoms with Gasteiger partial charge in [0.15, 0.2) is 0 Å². The van der Waals surface area contributed by atoms with Crippen molar-refractivity contribution in [3.05, 3.63) is 64.7 Å². The van der Waals surface area contributed by atoms with Gasteiger partial charge >= 0.3 is 0 Å². The van der Waals surface area contributed by atoms with E-state index in [0.29, 0.717) is 17.1 Å². The highest BCUT2D eigenvalue weighted by Gasteiger charge is 2.05. The van der Waals surface area contributed by atoms with Crippen molar-refractivity contribution in [2.45, 2.75) is 6.42 Å². The van der Waals surface area contributed by atoms with E-state index in [1.54, 1.807) is 24.3 Å². The Bertz CT molecular complexity index is 608. The van der Waals surface area contributed by atoms with Gasteiger partial charge in [0.25, 0.3) is 5.91 Å². The first kappa shape index (κ1) is 15.4. The van der Waals surface area contributed by atoms with Gasteiger partial charge in [0.1, 0.15) is 0 Å². The van der Waals surface area contributed by atoms with Gasteiger partial charge in [0.05, 0.1) is 0 Å². The number of halogens is 1. The summed E-state index contributed by atoms with van der Waals surface area (Å²) in [6.45, 7) is 0.604. The Morgan fingerprint density at radius 3 is 2.48 bits per heavy atom. The van der Waals surface area contributed by atoms with Crippen molar-refractivity contribution < 1.29 is 4.79 Å². The second kappa shape index (κ2) is 7.14. The highest BCUT2D eigenvalue weighted by molar-refractivity contribution is 6.30. The molecule has 0 aliphatic rings. The third-order valence-electron chi connectivity index (χ3n) is 3.24. The molecular weight excluding hydrogens is 284 g/mol. The van der Waals surface area contributed by atoms with Crippen molar-refractivity contribution >= 4 is 23.2 Å². The van der Waals surface area contributed by atoms with Gasteiger partial charge < -0.3 is 10.2 Å². The van der Waals surface area contributed by atoms with Crippen LogP contribution in [-0.4, -0.2) is 26.5 Å². The number of hydrogen-bond donors (Lipinski definition) is 1. The standard InChI is InChI=1S/C17H19ClN2O/c1-20(2)16-8-6-13(7-9-16)10-11-19-17(21)14-4-3-5-15(18)12-14/h3-9,12H,10-11H2,1-2H3,(H,19,21). The molecule has 21 heavy (non-hydrogen) atoms. The number of benzene rings is 2. The smallest absolute Gasteiger partial charge is 0.251 e. The fourth-order valence-corrected chi connectivity index (χ4v) is 2.20. The molecule has 4 heteroatoms. The van der Waals surface area contributed by atoms with Gasteiger partial charge in [0.2, 0.25) is 0 Å². The van der Waals surface area contributed by atoms with E-state index in [1.165, 1.54) is 11.3 Å². The number of carbonyl (C=O) groups is 1. The van der Waals surface area contributed by atoms with E-state index < -0.39 is 0 Å². The normalized spacial score (nSPS) is 10.2. The molecule has 110 valence electrons. The molecule has 0 saturated heterocycles. The fraction of sp³-hybridized carbons (Fsp3) is 0.235. The van der Waals surface area contributed by atoms with Gasteiger partial charge in [-0.3, -0.25) is 4.79 Å². The van der Waals surface area contributed by atoms with Crippen LogP contribution in [0.2, 0.25) is 5.02 Å². The summed E-state index contributed by atoms with van der Waals surface area (Å²) in [5.41, 5.74) is 2.96. The minimum Gasteiger partial charge on any atom is -0.378 e. The number of anilines is 1. The molecule has 0 heterocycles. The van der Waals surface area contributed by atoms with Crippen LogP contribution in [0.25, 0.3) is 0 Å². The van der Waals surface area contributed by atoms with Gasteiger partial charge in [-0.25, -0.2) is 0 Å². The van der Waals surface area contributed by atoms with Crippen molar-refractivity contribution in [3.63, 3.8) is 0 Å². The SMILES string of the molecule is CN(C)c1ccc(CCNC(=O)c2cccc(Cl)c2)cc1. The number of amides is 1. The molecule has 0 aliphatic heterocycles. The van der Waals surface area contributed by atoms with Crippen LogP contribution in [0.4, 0.5) is 5.69 Å². The molecule has 0 unspecified atom stereocenters. The Morgan fingerprint density at radius 1 is 1.14 bits per heavy atom. The minimum absolute atomic E-state index is 0.0950. The molecule has 0 atom stereocenters. The Morgan fingerprint density at radius 2 is 1.86 bits per heavy atom. The molecule has 0 radical (unpaired) electrons. The van der Waals surface area contributed by atoms with Gasteiger partial charge in [-0.1, -0.05) is 29.8 Å². The molecule has 0 aliphatic carbocycles. The monoisotopic (exact) mass is 302 g/mol. The number of nitrogens with one attached hydrogen (secondary N) is 1. The van der Waals surface area contributed by atoms with Crippen molar-refractivity contribution in [3.8, 4) is 0 Å². The third-order valence-corrected chi connectivity index (χ3v) is 3.47. The van der Waals surface area contributed by atoms with E-state index in [9.17, 15) is 4.79 Å². The number of rotatable bonds is 5. The van der Waals surface area contributed by atoms with Gasteiger partial charge in [-0.05, 0) is 42.3 Å². The van der Waals surface area contributed by atoms with E-state index >= 15 is 0 Å². The molecule has 1 N–H and O–H groups in total. The molecule has 0 saturated carbocycles. The van der Waals surface area contributed by atoms with E-state index in [2.05, 4.69) is 34.5 Å². The third kappa shape index (κ3) is 4.50. The largest absolute Gasteiger partial charge is 0.378 e. The summed E-state index contributed by atoms with van der Waals surface area (Å²) in [4.78, 5) is 14.0. The summed E-state index contributed by atoms with van der Waals surface area (Å²) in [5.74, 6) is -0.0950. The number of carbonyl (C=O) groups excluding carboxylic acids is 1. The highest BCUT2D eigenvalue weighted by atomic mass is 35.5. The van der Waals surface area contributed by atoms with Crippen LogP contribution in [0.3, 0.4) is 0 Å². The Hall–Kier alpha value is -2.00. The van der Waals surface area contributed by atoms with Crippen molar-refractivity contribution in [1.29, 1.82) is 0 Å². The molecule has 0 fully saturated rings. The second-order valence-electron chi connectivity index (χ2n) is 5.08. The fourth-order valence-electron chi connectivity index (χ4n) is 2.01. The lowest BCUT2D eigenvalue weighted by Gasteiger charge is -2.12.